The van der Waals surface area contributed by atoms with Crippen molar-refractivity contribution in [3.05, 3.63) is 0 Å². The van der Waals surface area contributed by atoms with Crippen molar-refractivity contribution in [2.45, 2.75) is 56.6 Å². The molecule has 0 aliphatic heterocycles. The molecule has 0 heterocycles. The number of carboxylic acids is 1. The Morgan fingerprint density at radius 2 is 1.82 bits per heavy atom. The third kappa shape index (κ3) is 5.50. The van der Waals surface area contributed by atoms with E-state index in [-0.39, 0.29) is 11.7 Å². The molecule has 0 amide bonds. The molecule has 0 unspecified atom stereocenters. The third-order valence-electron chi connectivity index (χ3n) is 3.11. The van der Waals surface area contributed by atoms with Gasteiger partial charge in [0.15, 0.2) is 0 Å². The van der Waals surface area contributed by atoms with Crippen LogP contribution in [0, 0.1) is 0 Å². The zero-order valence-electron chi connectivity index (χ0n) is 10.0. The molecule has 1 fully saturated rings. The minimum absolute atomic E-state index is 0.102. The van der Waals surface area contributed by atoms with E-state index in [9.17, 15) is 13.2 Å². The van der Waals surface area contributed by atoms with Gasteiger partial charge < -0.3 is 5.11 Å². The van der Waals surface area contributed by atoms with E-state index in [4.69, 9.17) is 5.11 Å². The van der Waals surface area contributed by atoms with Gasteiger partial charge in [-0.3, -0.25) is 4.79 Å². The molecular weight excluding hydrogens is 242 g/mol. The average molecular weight is 263 g/mol. The summed E-state index contributed by atoms with van der Waals surface area (Å²) in [7, 11) is -3.18. The fourth-order valence-electron chi connectivity index (χ4n) is 2.11. The standard InChI is InChI=1S/C11H21NO4S/c13-11(14)8-4-5-9-12-17(15,16)10-6-2-1-3-7-10/h10,12H,1-9H2,(H,13,14). The van der Waals surface area contributed by atoms with E-state index in [0.717, 1.165) is 32.1 Å². The SMILES string of the molecule is O=C(O)CCCCNS(=O)(=O)C1CCCCC1. The van der Waals surface area contributed by atoms with E-state index in [2.05, 4.69) is 4.72 Å². The predicted molar refractivity (Wildman–Crippen MR) is 65.3 cm³/mol. The van der Waals surface area contributed by atoms with Crippen molar-refractivity contribution in [3.8, 4) is 0 Å². The van der Waals surface area contributed by atoms with Gasteiger partial charge >= 0.3 is 5.97 Å². The van der Waals surface area contributed by atoms with Gasteiger partial charge in [-0.2, -0.15) is 0 Å². The molecule has 2 N–H and O–H groups in total. The van der Waals surface area contributed by atoms with Gasteiger partial charge in [-0.25, -0.2) is 13.1 Å². The lowest BCUT2D eigenvalue weighted by molar-refractivity contribution is -0.137. The quantitative estimate of drug-likeness (QED) is 0.682. The summed E-state index contributed by atoms with van der Waals surface area (Å²) in [5, 5.41) is 8.20. The largest absolute Gasteiger partial charge is 0.481 e. The molecule has 100 valence electrons. The first-order valence-electron chi connectivity index (χ1n) is 6.22. The Bertz CT molecular complexity index is 333. The fourth-order valence-corrected chi connectivity index (χ4v) is 3.73. The maximum atomic E-state index is 11.9. The summed E-state index contributed by atoms with van der Waals surface area (Å²) in [5.41, 5.74) is 0. The van der Waals surface area contributed by atoms with Crippen LogP contribution in [0.1, 0.15) is 51.4 Å². The molecule has 0 spiro atoms. The van der Waals surface area contributed by atoms with Gasteiger partial charge in [0.1, 0.15) is 0 Å². The zero-order chi connectivity index (χ0) is 12.7. The Morgan fingerprint density at radius 1 is 1.18 bits per heavy atom. The molecule has 0 aromatic heterocycles. The lowest BCUT2D eigenvalue weighted by Crippen LogP contribution is -2.36. The Balaban J connectivity index is 2.22. The first-order valence-corrected chi connectivity index (χ1v) is 7.77. The second-order valence-electron chi connectivity index (χ2n) is 4.55. The number of hydrogen-bond acceptors (Lipinski definition) is 3. The number of carboxylic acid groups (broad SMARTS) is 1. The van der Waals surface area contributed by atoms with E-state index >= 15 is 0 Å². The van der Waals surface area contributed by atoms with Crippen LogP contribution in [0.15, 0.2) is 0 Å². The van der Waals surface area contributed by atoms with Crippen LogP contribution >= 0.6 is 0 Å². The Hall–Kier alpha value is -0.620. The molecule has 17 heavy (non-hydrogen) atoms. The van der Waals surface area contributed by atoms with Gasteiger partial charge in [0.2, 0.25) is 10.0 Å². The lowest BCUT2D eigenvalue weighted by Gasteiger charge is -2.21. The Kier molecular flexibility index (Phi) is 5.91. The van der Waals surface area contributed by atoms with Crippen LogP contribution in [-0.4, -0.2) is 31.3 Å². The van der Waals surface area contributed by atoms with Gasteiger partial charge in [-0.05, 0) is 25.7 Å². The van der Waals surface area contributed by atoms with Gasteiger partial charge in [0.05, 0.1) is 5.25 Å². The summed E-state index contributed by atoms with van der Waals surface area (Å²) in [4.78, 5) is 10.3. The van der Waals surface area contributed by atoms with Crippen LogP contribution in [0.25, 0.3) is 0 Å². The molecule has 0 saturated heterocycles. The van der Waals surface area contributed by atoms with Crippen LogP contribution < -0.4 is 4.72 Å². The molecule has 0 atom stereocenters. The monoisotopic (exact) mass is 263 g/mol. The Labute approximate surface area is 103 Å². The molecule has 0 bridgehead atoms. The summed E-state index contributed by atoms with van der Waals surface area (Å²) in [5.74, 6) is -0.833. The number of rotatable bonds is 7. The minimum atomic E-state index is -3.18. The van der Waals surface area contributed by atoms with E-state index in [1.54, 1.807) is 0 Å². The number of aliphatic carboxylic acids is 1. The van der Waals surface area contributed by atoms with Crippen LogP contribution in [0.5, 0.6) is 0 Å². The van der Waals surface area contributed by atoms with Crippen LogP contribution in [0.3, 0.4) is 0 Å². The molecular formula is C11H21NO4S. The molecule has 5 nitrogen and oxygen atoms in total. The number of sulfonamides is 1. The van der Waals surface area contributed by atoms with E-state index in [1.165, 1.54) is 0 Å². The second-order valence-corrected chi connectivity index (χ2v) is 6.60. The minimum Gasteiger partial charge on any atom is -0.481 e. The van der Waals surface area contributed by atoms with Gasteiger partial charge in [0, 0.05) is 13.0 Å². The highest BCUT2D eigenvalue weighted by Gasteiger charge is 2.26. The highest BCUT2D eigenvalue weighted by atomic mass is 32.2. The number of unbranched alkanes of at least 4 members (excludes halogenated alkanes) is 1. The molecule has 0 aromatic rings. The predicted octanol–water partition coefficient (Wildman–Crippen LogP) is 1.49. The van der Waals surface area contributed by atoms with Crippen molar-refractivity contribution < 1.29 is 18.3 Å². The van der Waals surface area contributed by atoms with E-state index in [0.29, 0.717) is 19.4 Å². The van der Waals surface area contributed by atoms with Crippen molar-refractivity contribution in [1.29, 1.82) is 0 Å². The lowest BCUT2D eigenvalue weighted by atomic mass is 10.0. The summed E-state index contributed by atoms with van der Waals surface area (Å²) in [6.07, 6.45) is 5.82. The topological polar surface area (TPSA) is 83.5 Å². The van der Waals surface area contributed by atoms with Gasteiger partial charge in [-0.1, -0.05) is 19.3 Å². The number of nitrogens with one attached hydrogen (secondary N) is 1. The number of carbonyl (C=O) groups is 1. The van der Waals surface area contributed by atoms with Crippen molar-refractivity contribution in [1.82, 2.24) is 4.72 Å². The molecule has 1 rings (SSSR count). The highest BCUT2D eigenvalue weighted by molar-refractivity contribution is 7.90. The molecule has 1 aliphatic carbocycles. The first-order chi connectivity index (χ1) is 8.02. The maximum absolute atomic E-state index is 11.9. The average Bonchev–Trinajstić information content (AvgIpc) is 2.29. The van der Waals surface area contributed by atoms with E-state index in [1.807, 2.05) is 0 Å². The van der Waals surface area contributed by atoms with Crippen LogP contribution in [0.2, 0.25) is 0 Å². The molecule has 1 aliphatic rings. The van der Waals surface area contributed by atoms with Gasteiger partial charge in [0.25, 0.3) is 0 Å². The molecule has 1 saturated carbocycles. The van der Waals surface area contributed by atoms with Crippen molar-refractivity contribution >= 4 is 16.0 Å². The van der Waals surface area contributed by atoms with Crippen LogP contribution in [-0.2, 0) is 14.8 Å². The Morgan fingerprint density at radius 3 is 2.41 bits per heavy atom. The highest BCUT2D eigenvalue weighted by Crippen LogP contribution is 2.22. The smallest absolute Gasteiger partial charge is 0.303 e. The normalized spacial score (nSPS) is 18.1. The maximum Gasteiger partial charge on any atom is 0.303 e. The van der Waals surface area contributed by atoms with Crippen molar-refractivity contribution in [2.24, 2.45) is 0 Å². The summed E-state index contributed by atoms with van der Waals surface area (Å²) in [6, 6.07) is 0. The summed E-state index contributed by atoms with van der Waals surface area (Å²) < 4.78 is 26.3. The zero-order valence-corrected chi connectivity index (χ0v) is 10.8. The van der Waals surface area contributed by atoms with Crippen molar-refractivity contribution in [2.75, 3.05) is 6.54 Å². The number of hydrogen-bond donors (Lipinski definition) is 2. The third-order valence-corrected chi connectivity index (χ3v) is 5.07. The van der Waals surface area contributed by atoms with Crippen molar-refractivity contribution in [3.63, 3.8) is 0 Å². The molecule has 0 aromatic carbocycles. The van der Waals surface area contributed by atoms with Crippen LogP contribution in [0.4, 0.5) is 0 Å². The second kappa shape index (κ2) is 6.96. The fraction of sp³-hybridized carbons (Fsp3) is 0.909. The first kappa shape index (κ1) is 14.4. The van der Waals surface area contributed by atoms with E-state index < -0.39 is 16.0 Å². The summed E-state index contributed by atoms with van der Waals surface area (Å²) >= 11 is 0. The molecule has 6 heteroatoms. The summed E-state index contributed by atoms with van der Waals surface area (Å²) in [6.45, 7) is 0.353. The molecule has 0 radical (unpaired) electrons. The van der Waals surface area contributed by atoms with Gasteiger partial charge in [-0.15, -0.1) is 0 Å².